The minimum absolute atomic E-state index is 0.305. The Balaban J connectivity index is 1.99. The molecule has 2 fully saturated rings. The van der Waals surface area contributed by atoms with Gasteiger partial charge in [0, 0.05) is 6.04 Å². The zero-order valence-electron chi connectivity index (χ0n) is 9.78. The molecule has 84 valence electrons. The summed E-state index contributed by atoms with van der Waals surface area (Å²) in [4.78, 5) is 2.59. The van der Waals surface area contributed by atoms with Gasteiger partial charge in [-0.05, 0) is 51.1 Å². The van der Waals surface area contributed by atoms with Gasteiger partial charge in [0.2, 0.25) is 0 Å². The van der Waals surface area contributed by atoms with Crippen LogP contribution in [0.25, 0.3) is 0 Å². The van der Waals surface area contributed by atoms with E-state index in [4.69, 9.17) is 0 Å². The van der Waals surface area contributed by atoms with E-state index in [2.05, 4.69) is 17.9 Å². The third kappa shape index (κ3) is 2.52. The number of nitrogens with zero attached hydrogens (tertiary/aromatic N) is 2. The summed E-state index contributed by atoms with van der Waals surface area (Å²) in [6.07, 6.45) is 7.68. The molecule has 1 saturated heterocycles. The van der Waals surface area contributed by atoms with Crippen molar-refractivity contribution < 1.29 is 0 Å². The molecule has 2 aliphatic rings. The Morgan fingerprint density at radius 1 is 1.13 bits per heavy atom. The van der Waals surface area contributed by atoms with E-state index in [1.807, 2.05) is 0 Å². The van der Waals surface area contributed by atoms with Crippen molar-refractivity contribution in [1.82, 2.24) is 4.90 Å². The maximum absolute atomic E-state index is 9.20. The first-order valence-corrected chi connectivity index (χ1v) is 6.45. The highest BCUT2D eigenvalue weighted by Crippen LogP contribution is 2.33. The summed E-state index contributed by atoms with van der Waals surface area (Å²) in [5.41, 5.74) is 0. The van der Waals surface area contributed by atoms with Crippen LogP contribution in [0.5, 0.6) is 0 Å². The van der Waals surface area contributed by atoms with Crippen LogP contribution in [0.15, 0.2) is 0 Å². The molecule has 1 heterocycles. The van der Waals surface area contributed by atoms with Crippen LogP contribution in [0, 0.1) is 23.2 Å². The summed E-state index contributed by atoms with van der Waals surface area (Å²) >= 11 is 0. The predicted molar refractivity (Wildman–Crippen MR) is 61.3 cm³/mol. The Morgan fingerprint density at radius 3 is 2.53 bits per heavy atom. The predicted octanol–water partition coefficient (Wildman–Crippen LogP) is 2.80. The smallest absolute Gasteiger partial charge is 0.0672 e. The second-order valence-electron chi connectivity index (χ2n) is 5.32. The van der Waals surface area contributed by atoms with Gasteiger partial charge in [-0.15, -0.1) is 0 Å². The number of rotatable bonds is 1. The molecule has 0 amide bonds. The van der Waals surface area contributed by atoms with Crippen molar-refractivity contribution in [2.45, 2.75) is 51.5 Å². The SMILES string of the molecule is CC1CCC(C#N)C(N2CCCCC2)C1. The van der Waals surface area contributed by atoms with Crippen molar-refractivity contribution in [1.29, 1.82) is 5.26 Å². The van der Waals surface area contributed by atoms with Crippen LogP contribution >= 0.6 is 0 Å². The first-order valence-electron chi connectivity index (χ1n) is 6.45. The molecule has 0 radical (unpaired) electrons. The Morgan fingerprint density at radius 2 is 1.87 bits per heavy atom. The fourth-order valence-corrected chi connectivity index (χ4v) is 3.15. The standard InChI is InChI=1S/C13H22N2/c1-11-5-6-12(10-14)13(9-11)15-7-3-2-4-8-15/h11-13H,2-9H2,1H3. The van der Waals surface area contributed by atoms with Crippen molar-refractivity contribution in [2.24, 2.45) is 11.8 Å². The van der Waals surface area contributed by atoms with Gasteiger partial charge in [-0.25, -0.2) is 0 Å². The Labute approximate surface area is 93.3 Å². The average molecular weight is 206 g/mol. The van der Waals surface area contributed by atoms with Crippen molar-refractivity contribution in [3.8, 4) is 6.07 Å². The van der Waals surface area contributed by atoms with E-state index >= 15 is 0 Å². The third-order valence-electron chi connectivity index (χ3n) is 4.10. The molecule has 2 heteroatoms. The van der Waals surface area contributed by atoms with Crippen LogP contribution in [0.1, 0.15) is 45.4 Å². The first-order chi connectivity index (χ1) is 7.31. The summed E-state index contributed by atoms with van der Waals surface area (Å²) in [6.45, 7) is 4.80. The minimum atomic E-state index is 0.305. The van der Waals surface area contributed by atoms with Gasteiger partial charge in [0.05, 0.1) is 12.0 Å². The van der Waals surface area contributed by atoms with Gasteiger partial charge in [0.1, 0.15) is 0 Å². The number of likely N-dealkylation sites (tertiary alicyclic amines) is 1. The summed E-state index contributed by atoms with van der Waals surface area (Å²) in [5.74, 6) is 1.13. The Hall–Kier alpha value is -0.550. The highest BCUT2D eigenvalue weighted by Gasteiger charge is 2.33. The first kappa shape index (κ1) is 11.0. The fourth-order valence-electron chi connectivity index (χ4n) is 3.15. The molecule has 3 atom stereocenters. The van der Waals surface area contributed by atoms with E-state index in [1.165, 1.54) is 45.2 Å². The van der Waals surface area contributed by atoms with E-state index in [0.717, 1.165) is 12.3 Å². The number of hydrogen-bond donors (Lipinski definition) is 0. The third-order valence-corrected chi connectivity index (χ3v) is 4.10. The molecular formula is C13H22N2. The van der Waals surface area contributed by atoms with Crippen molar-refractivity contribution in [3.05, 3.63) is 0 Å². The van der Waals surface area contributed by atoms with E-state index < -0.39 is 0 Å². The molecule has 2 rings (SSSR count). The zero-order valence-corrected chi connectivity index (χ0v) is 9.78. The largest absolute Gasteiger partial charge is 0.299 e. The molecule has 0 N–H and O–H groups in total. The van der Waals surface area contributed by atoms with Crippen LogP contribution in [-0.4, -0.2) is 24.0 Å². The lowest BCUT2D eigenvalue weighted by molar-refractivity contribution is 0.0871. The molecular weight excluding hydrogens is 184 g/mol. The van der Waals surface area contributed by atoms with Crippen molar-refractivity contribution >= 4 is 0 Å². The van der Waals surface area contributed by atoms with Gasteiger partial charge in [0.25, 0.3) is 0 Å². The molecule has 1 aliphatic heterocycles. The summed E-state index contributed by atoms with van der Waals surface area (Å²) in [5, 5.41) is 9.20. The van der Waals surface area contributed by atoms with E-state index in [0.29, 0.717) is 12.0 Å². The molecule has 1 aliphatic carbocycles. The molecule has 1 saturated carbocycles. The molecule has 0 spiro atoms. The molecule has 2 nitrogen and oxygen atoms in total. The monoisotopic (exact) mass is 206 g/mol. The number of piperidine rings is 1. The topological polar surface area (TPSA) is 27.0 Å². The van der Waals surface area contributed by atoms with Gasteiger partial charge in [-0.3, -0.25) is 4.90 Å². The number of nitriles is 1. The lowest BCUT2D eigenvalue weighted by Crippen LogP contribution is -2.46. The highest BCUT2D eigenvalue weighted by atomic mass is 15.2. The normalized spacial score (nSPS) is 38.5. The molecule has 0 aromatic carbocycles. The van der Waals surface area contributed by atoms with Crippen molar-refractivity contribution in [2.75, 3.05) is 13.1 Å². The summed E-state index contributed by atoms with van der Waals surface area (Å²) in [6, 6.07) is 3.10. The van der Waals surface area contributed by atoms with E-state index in [-0.39, 0.29) is 0 Å². The lowest BCUT2D eigenvalue weighted by Gasteiger charge is -2.41. The molecule has 15 heavy (non-hydrogen) atoms. The Kier molecular flexibility index (Phi) is 3.64. The van der Waals surface area contributed by atoms with E-state index in [1.54, 1.807) is 0 Å². The van der Waals surface area contributed by atoms with Crippen LogP contribution in [0.2, 0.25) is 0 Å². The van der Waals surface area contributed by atoms with Crippen LogP contribution in [-0.2, 0) is 0 Å². The maximum atomic E-state index is 9.20. The summed E-state index contributed by atoms with van der Waals surface area (Å²) < 4.78 is 0. The van der Waals surface area contributed by atoms with Gasteiger partial charge in [-0.1, -0.05) is 13.3 Å². The second kappa shape index (κ2) is 4.99. The van der Waals surface area contributed by atoms with Crippen LogP contribution in [0.4, 0.5) is 0 Å². The van der Waals surface area contributed by atoms with Gasteiger partial charge < -0.3 is 0 Å². The lowest BCUT2D eigenvalue weighted by atomic mass is 9.78. The van der Waals surface area contributed by atoms with Gasteiger partial charge in [0.15, 0.2) is 0 Å². The van der Waals surface area contributed by atoms with Gasteiger partial charge in [-0.2, -0.15) is 5.26 Å². The Bertz CT molecular complexity index is 237. The molecule has 0 aromatic heterocycles. The van der Waals surface area contributed by atoms with Gasteiger partial charge >= 0.3 is 0 Å². The molecule has 0 bridgehead atoms. The highest BCUT2D eigenvalue weighted by molar-refractivity contribution is 4.97. The van der Waals surface area contributed by atoms with E-state index in [9.17, 15) is 5.26 Å². The fraction of sp³-hybridized carbons (Fsp3) is 0.923. The zero-order chi connectivity index (χ0) is 10.7. The summed E-state index contributed by atoms with van der Waals surface area (Å²) in [7, 11) is 0. The molecule has 3 unspecified atom stereocenters. The van der Waals surface area contributed by atoms with Crippen LogP contribution < -0.4 is 0 Å². The number of hydrogen-bond acceptors (Lipinski definition) is 2. The molecule has 0 aromatic rings. The quantitative estimate of drug-likeness (QED) is 0.659. The minimum Gasteiger partial charge on any atom is -0.299 e. The van der Waals surface area contributed by atoms with Crippen molar-refractivity contribution in [3.63, 3.8) is 0 Å². The average Bonchev–Trinajstić information content (AvgIpc) is 2.30. The van der Waals surface area contributed by atoms with Crippen LogP contribution in [0.3, 0.4) is 0 Å². The second-order valence-corrected chi connectivity index (χ2v) is 5.32. The maximum Gasteiger partial charge on any atom is 0.0672 e.